The summed E-state index contributed by atoms with van der Waals surface area (Å²) in [7, 11) is 1.55. The highest BCUT2D eigenvalue weighted by Crippen LogP contribution is 2.37. The minimum atomic E-state index is -0.967. The lowest BCUT2D eigenvalue weighted by molar-refractivity contribution is -0.142. The van der Waals surface area contributed by atoms with E-state index in [2.05, 4.69) is 4.98 Å². The molecule has 6 heteroatoms. The molecule has 1 aliphatic rings. The van der Waals surface area contributed by atoms with Gasteiger partial charge in [-0.3, -0.25) is 14.6 Å². The average Bonchev–Trinajstić information content (AvgIpc) is 2.74. The van der Waals surface area contributed by atoms with Gasteiger partial charge in [-0.05, 0) is 18.6 Å². The average molecular weight is 278 g/mol. The van der Waals surface area contributed by atoms with Crippen LogP contribution in [0.3, 0.4) is 0 Å². The van der Waals surface area contributed by atoms with E-state index < -0.39 is 17.9 Å². The minimum absolute atomic E-state index is 0.0132. The van der Waals surface area contributed by atoms with E-state index in [4.69, 9.17) is 4.74 Å². The Bertz CT molecular complexity index is 500. The highest BCUT2D eigenvalue weighted by molar-refractivity contribution is 5.87. The molecule has 1 aromatic rings. The van der Waals surface area contributed by atoms with Crippen molar-refractivity contribution in [2.75, 3.05) is 20.3 Å². The highest BCUT2D eigenvalue weighted by atomic mass is 16.5. The van der Waals surface area contributed by atoms with Crippen molar-refractivity contribution < 1.29 is 19.4 Å². The van der Waals surface area contributed by atoms with E-state index in [0.29, 0.717) is 18.8 Å². The number of aromatic nitrogens is 1. The number of aryl methyl sites for hydroxylation is 1. The minimum Gasteiger partial charge on any atom is -0.481 e. The van der Waals surface area contributed by atoms with Gasteiger partial charge in [0.05, 0.1) is 24.3 Å². The van der Waals surface area contributed by atoms with Gasteiger partial charge in [0.1, 0.15) is 0 Å². The summed E-state index contributed by atoms with van der Waals surface area (Å²) in [5.41, 5.74) is 1.61. The first-order valence-electron chi connectivity index (χ1n) is 6.48. The molecule has 0 aromatic carbocycles. The number of amides is 1. The maximum absolute atomic E-state index is 12.0. The van der Waals surface area contributed by atoms with Crippen LogP contribution in [-0.4, -0.2) is 47.1 Å². The first-order chi connectivity index (χ1) is 9.54. The summed E-state index contributed by atoms with van der Waals surface area (Å²) in [6, 6.07) is 3.14. The molecule has 0 spiro atoms. The van der Waals surface area contributed by atoms with E-state index in [1.54, 1.807) is 24.3 Å². The van der Waals surface area contributed by atoms with Gasteiger partial charge in [0.25, 0.3) is 0 Å². The number of likely N-dealkylation sites (tertiary alicyclic amines) is 1. The quantitative estimate of drug-likeness (QED) is 0.869. The van der Waals surface area contributed by atoms with Crippen LogP contribution >= 0.6 is 0 Å². The van der Waals surface area contributed by atoms with Crippen LogP contribution in [0.25, 0.3) is 0 Å². The molecule has 1 aliphatic heterocycles. The van der Waals surface area contributed by atoms with Crippen molar-refractivity contribution in [2.45, 2.75) is 19.4 Å². The van der Waals surface area contributed by atoms with Crippen LogP contribution in [0.1, 0.15) is 23.7 Å². The molecule has 0 bridgehead atoms. The molecule has 108 valence electrons. The van der Waals surface area contributed by atoms with Crippen LogP contribution in [0.5, 0.6) is 0 Å². The number of carbonyl (C=O) groups is 2. The molecule has 1 aromatic heterocycles. The van der Waals surface area contributed by atoms with E-state index in [9.17, 15) is 14.7 Å². The molecule has 0 saturated carbocycles. The number of hydrogen-bond donors (Lipinski definition) is 1. The molecule has 20 heavy (non-hydrogen) atoms. The lowest BCUT2D eigenvalue weighted by Gasteiger charge is -2.26. The van der Waals surface area contributed by atoms with E-state index >= 15 is 0 Å². The van der Waals surface area contributed by atoms with Crippen molar-refractivity contribution in [3.05, 3.63) is 29.6 Å². The van der Waals surface area contributed by atoms with Gasteiger partial charge in [0, 0.05) is 26.3 Å². The summed E-state index contributed by atoms with van der Waals surface area (Å²) >= 11 is 0. The molecular weight excluding hydrogens is 260 g/mol. The van der Waals surface area contributed by atoms with Gasteiger partial charge in [-0.2, -0.15) is 0 Å². The number of carboxylic acids is 1. The van der Waals surface area contributed by atoms with Crippen LogP contribution in [0.2, 0.25) is 0 Å². The van der Waals surface area contributed by atoms with E-state index in [1.807, 2.05) is 13.0 Å². The van der Waals surface area contributed by atoms with Gasteiger partial charge in [0.2, 0.25) is 5.91 Å². The molecule has 1 amide bonds. The van der Waals surface area contributed by atoms with Crippen molar-refractivity contribution in [2.24, 2.45) is 5.92 Å². The Kier molecular flexibility index (Phi) is 4.34. The molecule has 1 fully saturated rings. The summed E-state index contributed by atoms with van der Waals surface area (Å²) < 4.78 is 4.99. The van der Waals surface area contributed by atoms with Crippen LogP contribution in [0, 0.1) is 12.8 Å². The van der Waals surface area contributed by atoms with E-state index in [1.165, 1.54) is 0 Å². The number of aliphatic carboxylic acids is 1. The zero-order valence-corrected chi connectivity index (χ0v) is 11.6. The van der Waals surface area contributed by atoms with Crippen LogP contribution in [0.4, 0.5) is 0 Å². The standard InChI is InChI=1S/C14H18N2O4/c1-9-3-4-11(15-8-9)13-10(14(18)19)7-12(17)16(13)5-6-20-2/h3-4,8,10,13H,5-7H2,1-2H3,(H,18,19). The smallest absolute Gasteiger partial charge is 0.309 e. The summed E-state index contributed by atoms with van der Waals surface area (Å²) in [6.07, 6.45) is 1.70. The lowest BCUT2D eigenvalue weighted by atomic mass is 9.97. The molecule has 0 radical (unpaired) electrons. The van der Waals surface area contributed by atoms with E-state index in [0.717, 1.165) is 5.56 Å². The predicted octanol–water partition coefficient (Wildman–Crippen LogP) is 1.01. The third-order valence-electron chi connectivity index (χ3n) is 3.52. The summed E-state index contributed by atoms with van der Waals surface area (Å²) in [5.74, 6) is -1.89. The number of carboxylic acid groups (broad SMARTS) is 1. The number of rotatable bonds is 5. The zero-order chi connectivity index (χ0) is 14.7. The molecule has 0 aliphatic carbocycles. The van der Waals surface area contributed by atoms with E-state index in [-0.39, 0.29) is 12.3 Å². The zero-order valence-electron chi connectivity index (χ0n) is 11.6. The van der Waals surface area contributed by atoms with Crippen LogP contribution in [-0.2, 0) is 14.3 Å². The Balaban J connectivity index is 2.32. The van der Waals surface area contributed by atoms with Gasteiger partial charge in [-0.1, -0.05) is 6.07 Å². The van der Waals surface area contributed by atoms with Gasteiger partial charge < -0.3 is 14.7 Å². The van der Waals surface area contributed by atoms with Crippen molar-refractivity contribution >= 4 is 11.9 Å². The fourth-order valence-corrected chi connectivity index (χ4v) is 2.49. The van der Waals surface area contributed by atoms with Crippen LogP contribution < -0.4 is 0 Å². The number of hydrogen-bond acceptors (Lipinski definition) is 4. The maximum atomic E-state index is 12.0. The second-order valence-electron chi connectivity index (χ2n) is 4.93. The Hall–Kier alpha value is -1.95. The molecule has 1 N–H and O–H groups in total. The second kappa shape index (κ2) is 6.00. The molecule has 2 atom stereocenters. The molecule has 2 heterocycles. The lowest BCUT2D eigenvalue weighted by Crippen LogP contribution is -2.33. The Labute approximate surface area is 117 Å². The Morgan fingerprint density at radius 3 is 2.85 bits per heavy atom. The Morgan fingerprint density at radius 2 is 2.30 bits per heavy atom. The van der Waals surface area contributed by atoms with Gasteiger partial charge in [-0.25, -0.2) is 0 Å². The third-order valence-corrected chi connectivity index (χ3v) is 3.52. The van der Waals surface area contributed by atoms with Crippen molar-refractivity contribution in [3.8, 4) is 0 Å². The van der Waals surface area contributed by atoms with Crippen molar-refractivity contribution in [3.63, 3.8) is 0 Å². The molecule has 2 unspecified atom stereocenters. The monoisotopic (exact) mass is 278 g/mol. The number of methoxy groups -OCH3 is 1. The Morgan fingerprint density at radius 1 is 1.55 bits per heavy atom. The van der Waals surface area contributed by atoms with Crippen molar-refractivity contribution in [1.29, 1.82) is 0 Å². The summed E-state index contributed by atoms with van der Waals surface area (Å²) in [4.78, 5) is 29.2. The topological polar surface area (TPSA) is 79.7 Å². The normalized spacial score (nSPS) is 22.3. The maximum Gasteiger partial charge on any atom is 0.309 e. The number of ether oxygens (including phenoxy) is 1. The molecular formula is C14H18N2O4. The number of nitrogens with zero attached hydrogens (tertiary/aromatic N) is 2. The number of carbonyl (C=O) groups excluding carboxylic acids is 1. The fourth-order valence-electron chi connectivity index (χ4n) is 2.49. The van der Waals surface area contributed by atoms with Gasteiger partial charge >= 0.3 is 5.97 Å². The molecule has 2 rings (SSSR count). The number of pyridine rings is 1. The fraction of sp³-hybridized carbons (Fsp3) is 0.500. The van der Waals surface area contributed by atoms with Gasteiger partial charge in [-0.15, -0.1) is 0 Å². The van der Waals surface area contributed by atoms with Gasteiger partial charge in [0.15, 0.2) is 0 Å². The molecule has 1 saturated heterocycles. The van der Waals surface area contributed by atoms with Crippen molar-refractivity contribution in [1.82, 2.24) is 9.88 Å². The molecule has 6 nitrogen and oxygen atoms in total. The van der Waals surface area contributed by atoms with Crippen LogP contribution in [0.15, 0.2) is 18.3 Å². The largest absolute Gasteiger partial charge is 0.481 e. The summed E-state index contributed by atoms with van der Waals surface area (Å²) in [5, 5.41) is 9.32. The first kappa shape index (κ1) is 14.5. The highest BCUT2D eigenvalue weighted by Gasteiger charge is 2.45. The third kappa shape index (κ3) is 2.80. The SMILES string of the molecule is COCCN1C(=O)CC(C(=O)O)C1c1ccc(C)cn1. The summed E-state index contributed by atoms with van der Waals surface area (Å²) in [6.45, 7) is 2.66. The second-order valence-corrected chi connectivity index (χ2v) is 4.93. The first-order valence-corrected chi connectivity index (χ1v) is 6.48. The predicted molar refractivity (Wildman–Crippen MR) is 71.0 cm³/mol.